The molecule has 1 N–H and O–H groups in total. The lowest BCUT2D eigenvalue weighted by molar-refractivity contribution is 0.101. The summed E-state index contributed by atoms with van der Waals surface area (Å²) in [6, 6.07) is 4.69. The number of aromatic amines is 1. The van der Waals surface area contributed by atoms with Gasteiger partial charge in [-0.3, -0.25) is 0 Å². The number of nitrogens with zero attached hydrogens (tertiary/aromatic N) is 1. The summed E-state index contributed by atoms with van der Waals surface area (Å²) in [7, 11) is 0. The molecule has 1 aliphatic rings. The van der Waals surface area contributed by atoms with Gasteiger partial charge in [0.1, 0.15) is 5.82 Å². The van der Waals surface area contributed by atoms with Gasteiger partial charge in [-0.1, -0.05) is 0 Å². The smallest absolute Gasteiger partial charge is 0.178 e. The summed E-state index contributed by atoms with van der Waals surface area (Å²) in [4.78, 5) is 3.10. The SMILES string of the molecule is Fc1ccc2[nH]c(=S)n(CCC3CCCO3)c2c1. The summed E-state index contributed by atoms with van der Waals surface area (Å²) >= 11 is 5.28. The number of imidazole rings is 1. The fourth-order valence-corrected chi connectivity index (χ4v) is 2.79. The third-order valence-electron chi connectivity index (χ3n) is 3.44. The average molecular weight is 266 g/mol. The van der Waals surface area contributed by atoms with Crippen LogP contribution in [0.3, 0.4) is 0 Å². The second-order valence-electron chi connectivity index (χ2n) is 4.67. The van der Waals surface area contributed by atoms with Gasteiger partial charge in [-0.05, 0) is 49.7 Å². The Hall–Kier alpha value is -1.20. The minimum Gasteiger partial charge on any atom is -0.378 e. The molecular weight excluding hydrogens is 251 g/mol. The number of H-pyrrole nitrogens is 1. The van der Waals surface area contributed by atoms with Gasteiger partial charge in [-0.25, -0.2) is 4.39 Å². The molecule has 18 heavy (non-hydrogen) atoms. The van der Waals surface area contributed by atoms with E-state index in [9.17, 15) is 4.39 Å². The van der Waals surface area contributed by atoms with Crippen LogP contribution < -0.4 is 0 Å². The van der Waals surface area contributed by atoms with Crippen LogP contribution in [0.1, 0.15) is 19.3 Å². The molecule has 3 rings (SSSR count). The van der Waals surface area contributed by atoms with Crippen molar-refractivity contribution in [2.75, 3.05) is 6.61 Å². The van der Waals surface area contributed by atoms with Gasteiger partial charge in [0.05, 0.1) is 17.1 Å². The maximum atomic E-state index is 13.3. The zero-order valence-corrected chi connectivity index (χ0v) is 10.8. The van der Waals surface area contributed by atoms with Crippen molar-refractivity contribution in [2.45, 2.75) is 31.9 Å². The summed E-state index contributed by atoms with van der Waals surface area (Å²) in [6.45, 7) is 1.63. The number of hydrogen-bond acceptors (Lipinski definition) is 2. The second-order valence-corrected chi connectivity index (χ2v) is 5.05. The molecule has 0 aliphatic carbocycles. The van der Waals surface area contributed by atoms with E-state index in [0.717, 1.165) is 43.4 Å². The van der Waals surface area contributed by atoms with Crippen LogP contribution in [0.4, 0.5) is 4.39 Å². The Morgan fingerprint density at radius 3 is 3.17 bits per heavy atom. The molecule has 3 nitrogen and oxygen atoms in total. The van der Waals surface area contributed by atoms with E-state index in [1.54, 1.807) is 6.07 Å². The predicted octanol–water partition coefficient (Wildman–Crippen LogP) is 3.41. The number of halogens is 1. The van der Waals surface area contributed by atoms with Crippen molar-refractivity contribution in [1.29, 1.82) is 0 Å². The third kappa shape index (κ3) is 2.20. The minimum atomic E-state index is -0.234. The standard InChI is InChI=1S/C13H15FN2OS/c14-9-3-4-11-12(8-9)16(13(18)15-11)6-5-10-2-1-7-17-10/h3-4,8,10H,1-2,5-7H2,(H,15,18). The Morgan fingerprint density at radius 2 is 2.39 bits per heavy atom. The fraction of sp³-hybridized carbons (Fsp3) is 0.462. The van der Waals surface area contributed by atoms with Crippen LogP contribution in [-0.4, -0.2) is 22.3 Å². The molecule has 0 spiro atoms. The molecule has 5 heteroatoms. The average Bonchev–Trinajstić information content (AvgIpc) is 2.94. The van der Waals surface area contributed by atoms with E-state index < -0.39 is 0 Å². The van der Waals surface area contributed by atoms with Crippen LogP contribution >= 0.6 is 12.2 Å². The summed E-state index contributed by atoms with van der Waals surface area (Å²) in [5.74, 6) is -0.234. The number of nitrogens with one attached hydrogen (secondary N) is 1. The molecule has 1 aliphatic heterocycles. The molecule has 1 saturated heterocycles. The fourth-order valence-electron chi connectivity index (χ4n) is 2.49. The van der Waals surface area contributed by atoms with E-state index in [1.165, 1.54) is 12.1 Å². The van der Waals surface area contributed by atoms with Crippen LogP contribution in [0.15, 0.2) is 18.2 Å². The number of hydrogen-bond donors (Lipinski definition) is 1. The second kappa shape index (κ2) is 4.82. The molecule has 0 amide bonds. The largest absolute Gasteiger partial charge is 0.378 e. The Bertz CT molecular complexity index is 613. The van der Waals surface area contributed by atoms with Gasteiger partial charge in [-0.2, -0.15) is 0 Å². The van der Waals surface area contributed by atoms with Crippen molar-refractivity contribution in [3.63, 3.8) is 0 Å². The van der Waals surface area contributed by atoms with Crippen LogP contribution in [0, 0.1) is 10.6 Å². The number of fused-ring (bicyclic) bond motifs is 1. The van der Waals surface area contributed by atoms with Crippen molar-refractivity contribution in [2.24, 2.45) is 0 Å². The van der Waals surface area contributed by atoms with Crippen molar-refractivity contribution in [1.82, 2.24) is 9.55 Å². The molecule has 1 atom stereocenters. The molecular formula is C13H15FN2OS. The normalized spacial score (nSPS) is 19.7. The molecule has 2 aromatic rings. The number of benzene rings is 1. The van der Waals surface area contributed by atoms with E-state index in [4.69, 9.17) is 17.0 Å². The lowest BCUT2D eigenvalue weighted by atomic mass is 10.2. The van der Waals surface area contributed by atoms with E-state index in [1.807, 2.05) is 4.57 Å². The van der Waals surface area contributed by atoms with Crippen LogP contribution in [-0.2, 0) is 11.3 Å². The first-order valence-corrected chi connectivity index (χ1v) is 6.64. The Labute approximate surface area is 110 Å². The van der Waals surface area contributed by atoms with Crippen LogP contribution in [0.2, 0.25) is 0 Å². The molecule has 2 heterocycles. The van der Waals surface area contributed by atoms with Gasteiger partial charge < -0.3 is 14.3 Å². The highest BCUT2D eigenvalue weighted by atomic mass is 32.1. The molecule has 1 unspecified atom stereocenters. The molecule has 1 aromatic carbocycles. The number of ether oxygens (including phenoxy) is 1. The van der Waals surface area contributed by atoms with Crippen molar-refractivity contribution in [3.05, 3.63) is 28.8 Å². The molecule has 0 saturated carbocycles. The minimum absolute atomic E-state index is 0.234. The highest BCUT2D eigenvalue weighted by Gasteiger charge is 2.16. The first kappa shape index (κ1) is 11.9. The van der Waals surface area contributed by atoms with Gasteiger partial charge in [0.15, 0.2) is 4.77 Å². The first-order chi connectivity index (χ1) is 8.74. The molecule has 0 bridgehead atoms. The van der Waals surface area contributed by atoms with Gasteiger partial charge in [0.25, 0.3) is 0 Å². The number of aryl methyl sites for hydroxylation is 1. The zero-order chi connectivity index (χ0) is 12.5. The van der Waals surface area contributed by atoms with E-state index in [2.05, 4.69) is 4.98 Å². The predicted molar refractivity (Wildman–Crippen MR) is 70.7 cm³/mol. The highest BCUT2D eigenvalue weighted by Crippen LogP contribution is 2.20. The maximum absolute atomic E-state index is 13.3. The van der Waals surface area contributed by atoms with Crippen molar-refractivity contribution < 1.29 is 9.13 Å². The monoisotopic (exact) mass is 266 g/mol. The number of rotatable bonds is 3. The van der Waals surface area contributed by atoms with Crippen LogP contribution in [0.5, 0.6) is 0 Å². The quantitative estimate of drug-likeness (QED) is 0.863. The van der Waals surface area contributed by atoms with E-state index in [-0.39, 0.29) is 5.82 Å². The van der Waals surface area contributed by atoms with Crippen LogP contribution in [0.25, 0.3) is 11.0 Å². The van der Waals surface area contributed by atoms with E-state index in [0.29, 0.717) is 10.9 Å². The van der Waals surface area contributed by atoms with Crippen molar-refractivity contribution in [3.8, 4) is 0 Å². The topological polar surface area (TPSA) is 29.9 Å². The highest BCUT2D eigenvalue weighted by molar-refractivity contribution is 7.71. The molecule has 1 aromatic heterocycles. The number of aromatic nitrogens is 2. The Balaban J connectivity index is 1.87. The van der Waals surface area contributed by atoms with Gasteiger partial charge in [-0.15, -0.1) is 0 Å². The summed E-state index contributed by atoms with van der Waals surface area (Å²) in [5, 5.41) is 0. The van der Waals surface area contributed by atoms with Crippen molar-refractivity contribution >= 4 is 23.3 Å². The molecule has 96 valence electrons. The summed E-state index contributed by atoms with van der Waals surface area (Å²) in [6.07, 6.45) is 3.51. The van der Waals surface area contributed by atoms with Gasteiger partial charge >= 0.3 is 0 Å². The summed E-state index contributed by atoms with van der Waals surface area (Å²) in [5.41, 5.74) is 1.71. The van der Waals surface area contributed by atoms with Gasteiger partial charge in [0, 0.05) is 13.2 Å². The lowest BCUT2D eigenvalue weighted by Crippen LogP contribution is -2.10. The maximum Gasteiger partial charge on any atom is 0.178 e. The molecule has 1 fully saturated rings. The summed E-state index contributed by atoms with van der Waals surface area (Å²) < 4.78 is 21.5. The molecule has 0 radical (unpaired) electrons. The first-order valence-electron chi connectivity index (χ1n) is 6.24. The zero-order valence-electron chi connectivity index (χ0n) is 9.99. The van der Waals surface area contributed by atoms with Gasteiger partial charge in [0.2, 0.25) is 0 Å². The third-order valence-corrected chi connectivity index (χ3v) is 3.76. The Kier molecular flexibility index (Phi) is 3.18. The Morgan fingerprint density at radius 1 is 1.50 bits per heavy atom. The lowest BCUT2D eigenvalue weighted by Gasteiger charge is -2.10. The van der Waals surface area contributed by atoms with E-state index >= 15 is 0 Å².